The lowest BCUT2D eigenvalue weighted by Crippen LogP contribution is -1.99. The summed E-state index contributed by atoms with van der Waals surface area (Å²) in [5, 5.41) is 0.501. The number of rotatable bonds is 3. The minimum atomic E-state index is 0.261. The van der Waals surface area contributed by atoms with E-state index in [0.717, 1.165) is 17.1 Å². The smallest absolute Gasteiger partial charge is 0.231 e. The van der Waals surface area contributed by atoms with Crippen molar-refractivity contribution in [2.75, 3.05) is 12.5 Å². The van der Waals surface area contributed by atoms with Crippen molar-refractivity contribution in [3.05, 3.63) is 47.0 Å². The van der Waals surface area contributed by atoms with Crippen LogP contribution in [0, 0.1) is 0 Å². The minimum absolute atomic E-state index is 0.261. The molecule has 0 atom stereocenters. The fourth-order valence-corrected chi connectivity index (χ4v) is 2.10. The first-order chi connectivity index (χ1) is 9.24. The Morgan fingerprint density at radius 3 is 2.84 bits per heavy atom. The van der Waals surface area contributed by atoms with Crippen LogP contribution in [0.5, 0.6) is 17.2 Å². The quantitative estimate of drug-likeness (QED) is 0.875. The van der Waals surface area contributed by atoms with Crippen molar-refractivity contribution in [3.63, 3.8) is 0 Å². The van der Waals surface area contributed by atoms with E-state index in [-0.39, 0.29) is 6.79 Å². The average Bonchev–Trinajstić information content (AvgIpc) is 2.85. The molecule has 3 rings (SSSR count). The van der Waals surface area contributed by atoms with Crippen LogP contribution in [0.25, 0.3) is 0 Å². The van der Waals surface area contributed by atoms with Crippen LogP contribution in [0.2, 0.25) is 5.02 Å². The average molecular weight is 278 g/mol. The Hall–Kier alpha value is -2.07. The summed E-state index contributed by atoms with van der Waals surface area (Å²) in [6.07, 6.45) is 0. The molecule has 0 amide bonds. The fourth-order valence-electron chi connectivity index (χ4n) is 1.86. The van der Waals surface area contributed by atoms with Crippen LogP contribution in [-0.2, 0) is 6.61 Å². The molecule has 0 saturated heterocycles. The molecule has 2 aromatic carbocycles. The third-order valence-corrected chi connectivity index (χ3v) is 3.12. The van der Waals surface area contributed by atoms with E-state index in [4.69, 9.17) is 31.5 Å². The fraction of sp³-hybridized carbons (Fsp3) is 0.143. The van der Waals surface area contributed by atoms with Gasteiger partial charge >= 0.3 is 0 Å². The van der Waals surface area contributed by atoms with Crippen molar-refractivity contribution in [2.24, 2.45) is 0 Å². The number of benzene rings is 2. The predicted molar refractivity (Wildman–Crippen MR) is 72.8 cm³/mol. The van der Waals surface area contributed by atoms with Gasteiger partial charge in [-0.05, 0) is 29.8 Å². The number of nitrogen functional groups attached to an aromatic ring is 1. The normalized spacial score (nSPS) is 12.5. The van der Waals surface area contributed by atoms with Gasteiger partial charge in [-0.25, -0.2) is 0 Å². The molecule has 98 valence electrons. The molecule has 5 heteroatoms. The second-order valence-corrected chi connectivity index (χ2v) is 4.54. The molecular formula is C14H12ClNO3. The second kappa shape index (κ2) is 4.90. The van der Waals surface area contributed by atoms with E-state index in [0.29, 0.717) is 23.1 Å². The third-order valence-electron chi connectivity index (χ3n) is 2.82. The topological polar surface area (TPSA) is 53.7 Å². The molecule has 19 heavy (non-hydrogen) atoms. The molecule has 0 bridgehead atoms. The van der Waals surface area contributed by atoms with Crippen LogP contribution >= 0.6 is 11.6 Å². The number of nitrogens with two attached hydrogens (primary N) is 1. The Balaban J connectivity index is 1.76. The Morgan fingerprint density at radius 2 is 2.00 bits per heavy atom. The van der Waals surface area contributed by atoms with Gasteiger partial charge in [0.2, 0.25) is 6.79 Å². The molecule has 0 spiro atoms. The molecule has 0 fully saturated rings. The first kappa shape index (κ1) is 12.0. The summed E-state index contributed by atoms with van der Waals surface area (Å²) in [4.78, 5) is 0. The highest BCUT2D eigenvalue weighted by Gasteiger charge is 2.13. The zero-order valence-electron chi connectivity index (χ0n) is 10.1. The highest BCUT2D eigenvalue weighted by Crippen LogP contribution is 2.34. The molecule has 0 aromatic heterocycles. The van der Waals surface area contributed by atoms with Gasteiger partial charge in [0.1, 0.15) is 6.61 Å². The van der Waals surface area contributed by atoms with E-state index in [2.05, 4.69) is 0 Å². The maximum absolute atomic E-state index is 6.04. The second-order valence-electron chi connectivity index (χ2n) is 4.13. The van der Waals surface area contributed by atoms with Crippen molar-refractivity contribution < 1.29 is 14.2 Å². The lowest BCUT2D eigenvalue weighted by atomic mass is 10.2. The van der Waals surface area contributed by atoms with Gasteiger partial charge in [-0.1, -0.05) is 23.7 Å². The summed E-state index contributed by atoms with van der Waals surface area (Å²) in [6, 6.07) is 10.9. The van der Waals surface area contributed by atoms with Gasteiger partial charge in [0.15, 0.2) is 17.2 Å². The summed E-state index contributed by atoms with van der Waals surface area (Å²) in [6.45, 7) is 0.627. The predicted octanol–water partition coefficient (Wildman–Crippen LogP) is 3.23. The van der Waals surface area contributed by atoms with Crippen LogP contribution < -0.4 is 19.9 Å². The molecule has 1 heterocycles. The molecule has 0 unspecified atom stereocenters. The van der Waals surface area contributed by atoms with Gasteiger partial charge < -0.3 is 19.9 Å². The van der Waals surface area contributed by atoms with Gasteiger partial charge in [-0.15, -0.1) is 0 Å². The van der Waals surface area contributed by atoms with Crippen molar-refractivity contribution >= 4 is 17.3 Å². The van der Waals surface area contributed by atoms with Gasteiger partial charge in [0, 0.05) is 0 Å². The van der Waals surface area contributed by atoms with Gasteiger partial charge in [-0.2, -0.15) is 0 Å². The summed E-state index contributed by atoms with van der Waals surface area (Å²) in [5.74, 6) is 1.98. The number of ether oxygens (including phenoxy) is 3. The van der Waals surface area contributed by atoms with Crippen molar-refractivity contribution in [1.82, 2.24) is 0 Å². The summed E-state index contributed by atoms with van der Waals surface area (Å²) < 4.78 is 16.2. The first-order valence-corrected chi connectivity index (χ1v) is 6.17. The molecule has 1 aliphatic heterocycles. The Labute approximate surface area is 115 Å². The molecule has 2 N–H and O–H groups in total. The van der Waals surface area contributed by atoms with Gasteiger partial charge in [-0.3, -0.25) is 0 Å². The molecule has 2 aromatic rings. The minimum Gasteiger partial charge on any atom is -0.485 e. The van der Waals surface area contributed by atoms with Gasteiger partial charge in [0.25, 0.3) is 0 Å². The zero-order chi connectivity index (χ0) is 13.2. The van der Waals surface area contributed by atoms with E-state index in [9.17, 15) is 0 Å². The lowest BCUT2D eigenvalue weighted by Gasteiger charge is -2.10. The Morgan fingerprint density at radius 1 is 1.16 bits per heavy atom. The van der Waals surface area contributed by atoms with Crippen molar-refractivity contribution in [3.8, 4) is 17.2 Å². The van der Waals surface area contributed by atoms with Crippen molar-refractivity contribution in [1.29, 1.82) is 0 Å². The molecule has 4 nitrogen and oxygen atoms in total. The van der Waals surface area contributed by atoms with E-state index < -0.39 is 0 Å². The van der Waals surface area contributed by atoms with E-state index in [1.807, 2.05) is 18.2 Å². The van der Waals surface area contributed by atoms with Crippen LogP contribution in [-0.4, -0.2) is 6.79 Å². The van der Waals surface area contributed by atoms with Crippen LogP contribution in [0.1, 0.15) is 5.56 Å². The van der Waals surface area contributed by atoms with Crippen LogP contribution in [0.3, 0.4) is 0 Å². The van der Waals surface area contributed by atoms with E-state index >= 15 is 0 Å². The summed E-state index contributed by atoms with van der Waals surface area (Å²) >= 11 is 6.04. The molecule has 1 aliphatic rings. The van der Waals surface area contributed by atoms with E-state index in [1.165, 1.54) is 0 Å². The maximum atomic E-state index is 6.04. The Kier molecular flexibility index (Phi) is 3.09. The third kappa shape index (κ3) is 2.39. The largest absolute Gasteiger partial charge is 0.485 e. The number of hydrogen-bond acceptors (Lipinski definition) is 4. The summed E-state index contributed by atoms with van der Waals surface area (Å²) in [5.41, 5.74) is 7.30. The molecule has 0 radical (unpaired) electrons. The number of fused-ring (bicyclic) bond motifs is 1. The highest BCUT2D eigenvalue weighted by molar-refractivity contribution is 6.32. The molecule has 0 saturated carbocycles. The zero-order valence-corrected chi connectivity index (χ0v) is 10.8. The van der Waals surface area contributed by atoms with Crippen LogP contribution in [0.15, 0.2) is 36.4 Å². The van der Waals surface area contributed by atoms with Crippen LogP contribution in [0.4, 0.5) is 5.69 Å². The first-order valence-electron chi connectivity index (χ1n) is 5.79. The van der Waals surface area contributed by atoms with E-state index in [1.54, 1.807) is 18.2 Å². The number of para-hydroxylation sites is 1. The standard InChI is InChI=1S/C14H12ClNO3/c15-10-2-1-3-11(16)14(10)17-7-9-4-5-12-13(6-9)19-8-18-12/h1-6H,7-8,16H2. The summed E-state index contributed by atoms with van der Waals surface area (Å²) in [7, 11) is 0. The number of hydrogen-bond donors (Lipinski definition) is 1. The van der Waals surface area contributed by atoms with Gasteiger partial charge in [0.05, 0.1) is 10.7 Å². The monoisotopic (exact) mass is 277 g/mol. The maximum Gasteiger partial charge on any atom is 0.231 e. The molecule has 0 aliphatic carbocycles. The molecular weight excluding hydrogens is 266 g/mol. The lowest BCUT2D eigenvalue weighted by molar-refractivity contribution is 0.174. The number of halogens is 1. The highest BCUT2D eigenvalue weighted by atomic mass is 35.5. The number of anilines is 1. The SMILES string of the molecule is Nc1cccc(Cl)c1OCc1ccc2c(c1)OCO2. The van der Waals surface area contributed by atoms with Crippen molar-refractivity contribution in [2.45, 2.75) is 6.61 Å². The Bertz CT molecular complexity index is 595.